The third-order valence-corrected chi connectivity index (χ3v) is 2.61. The molecule has 20 heavy (non-hydrogen) atoms. The van der Waals surface area contributed by atoms with Gasteiger partial charge in [0.15, 0.2) is 0 Å². The number of amides is 1. The van der Waals surface area contributed by atoms with Crippen molar-refractivity contribution in [3.05, 3.63) is 66.0 Å². The van der Waals surface area contributed by atoms with E-state index in [1.54, 1.807) is 49.6 Å². The molecule has 2 aromatic rings. The molecule has 0 spiro atoms. The maximum Gasteiger partial charge on any atom is 0.248 e. The molecule has 1 N–H and O–H groups in total. The fourth-order valence-electron chi connectivity index (χ4n) is 1.67. The lowest BCUT2D eigenvalue weighted by molar-refractivity contribution is -0.111. The van der Waals surface area contributed by atoms with Gasteiger partial charge in [0.25, 0.3) is 0 Å². The molecule has 1 amide bonds. The van der Waals surface area contributed by atoms with E-state index in [4.69, 9.17) is 4.74 Å². The highest BCUT2D eigenvalue weighted by Crippen LogP contribution is 2.16. The quantitative estimate of drug-likeness (QED) is 0.864. The molecule has 0 heterocycles. The average molecular weight is 271 g/mol. The molecule has 0 atom stereocenters. The molecule has 0 saturated heterocycles. The highest BCUT2D eigenvalue weighted by molar-refractivity contribution is 6.02. The largest absolute Gasteiger partial charge is 0.497 e. The van der Waals surface area contributed by atoms with Crippen LogP contribution in [0.25, 0.3) is 6.08 Å². The smallest absolute Gasteiger partial charge is 0.248 e. The molecule has 0 radical (unpaired) electrons. The van der Waals surface area contributed by atoms with Crippen molar-refractivity contribution < 1.29 is 13.9 Å². The molecule has 0 fully saturated rings. The predicted molar refractivity (Wildman–Crippen MR) is 77.1 cm³/mol. The summed E-state index contributed by atoms with van der Waals surface area (Å²) in [6.45, 7) is 0. The Kier molecular flexibility index (Phi) is 4.50. The van der Waals surface area contributed by atoms with Crippen LogP contribution in [-0.4, -0.2) is 13.0 Å². The first kappa shape index (κ1) is 13.8. The summed E-state index contributed by atoms with van der Waals surface area (Å²) in [6.07, 6.45) is 2.91. The summed E-state index contributed by atoms with van der Waals surface area (Å²) in [6, 6.07) is 13.1. The van der Waals surface area contributed by atoms with Gasteiger partial charge in [0.1, 0.15) is 11.6 Å². The molecule has 0 unspecified atom stereocenters. The normalized spacial score (nSPS) is 10.5. The fraction of sp³-hybridized carbons (Fsp3) is 0.0625. The molecule has 3 nitrogen and oxygen atoms in total. The Morgan fingerprint density at radius 2 is 2.00 bits per heavy atom. The van der Waals surface area contributed by atoms with E-state index in [-0.39, 0.29) is 11.7 Å². The number of anilines is 1. The van der Waals surface area contributed by atoms with Gasteiger partial charge in [0, 0.05) is 17.8 Å². The number of nitrogens with one attached hydrogen (secondary N) is 1. The molecule has 0 aliphatic rings. The van der Waals surface area contributed by atoms with Gasteiger partial charge in [-0.25, -0.2) is 4.39 Å². The first-order valence-electron chi connectivity index (χ1n) is 6.06. The molecule has 102 valence electrons. The summed E-state index contributed by atoms with van der Waals surface area (Å²) in [5.74, 6) is 0.0415. The number of rotatable bonds is 4. The van der Waals surface area contributed by atoms with Gasteiger partial charge in [-0.3, -0.25) is 4.79 Å². The summed E-state index contributed by atoms with van der Waals surface area (Å²) < 4.78 is 18.0. The van der Waals surface area contributed by atoms with E-state index in [9.17, 15) is 9.18 Å². The van der Waals surface area contributed by atoms with Crippen molar-refractivity contribution in [2.45, 2.75) is 0 Å². The molecule has 0 aliphatic heterocycles. The van der Waals surface area contributed by atoms with E-state index in [0.717, 1.165) is 0 Å². The number of benzene rings is 2. The third kappa shape index (κ3) is 3.95. The van der Waals surface area contributed by atoms with Crippen molar-refractivity contribution >= 4 is 17.7 Å². The van der Waals surface area contributed by atoms with Crippen LogP contribution in [0.1, 0.15) is 5.56 Å². The maximum absolute atomic E-state index is 13.0. The molecular formula is C16H14FNO2. The van der Waals surface area contributed by atoms with Crippen LogP contribution in [0.3, 0.4) is 0 Å². The summed E-state index contributed by atoms with van der Waals surface area (Å²) in [5.41, 5.74) is 1.27. The zero-order valence-corrected chi connectivity index (χ0v) is 11.0. The van der Waals surface area contributed by atoms with Crippen molar-refractivity contribution in [1.29, 1.82) is 0 Å². The highest BCUT2D eigenvalue weighted by Gasteiger charge is 1.99. The number of methoxy groups -OCH3 is 1. The minimum Gasteiger partial charge on any atom is -0.497 e. The van der Waals surface area contributed by atoms with Crippen LogP contribution in [-0.2, 0) is 4.79 Å². The summed E-state index contributed by atoms with van der Waals surface area (Å²) in [4.78, 5) is 11.7. The molecule has 0 bridgehead atoms. The van der Waals surface area contributed by atoms with Gasteiger partial charge in [0.05, 0.1) is 7.11 Å². The van der Waals surface area contributed by atoms with Crippen LogP contribution >= 0.6 is 0 Å². The summed E-state index contributed by atoms with van der Waals surface area (Å²) >= 11 is 0. The topological polar surface area (TPSA) is 38.3 Å². The SMILES string of the molecule is COc1cccc(NC(=O)/C=C/c2cccc(F)c2)c1. The minimum absolute atomic E-state index is 0.289. The van der Waals surface area contributed by atoms with Gasteiger partial charge in [-0.05, 0) is 35.9 Å². The molecule has 0 saturated carbocycles. The van der Waals surface area contributed by atoms with Gasteiger partial charge >= 0.3 is 0 Å². The number of carbonyl (C=O) groups excluding carboxylic acids is 1. The Balaban J connectivity index is 2.01. The zero-order chi connectivity index (χ0) is 14.4. The third-order valence-electron chi connectivity index (χ3n) is 2.61. The predicted octanol–water partition coefficient (Wildman–Crippen LogP) is 3.49. The van der Waals surface area contributed by atoms with Gasteiger partial charge in [-0.15, -0.1) is 0 Å². The molecular weight excluding hydrogens is 257 g/mol. The van der Waals surface area contributed by atoms with Gasteiger partial charge in [0.2, 0.25) is 5.91 Å². The number of carbonyl (C=O) groups is 1. The number of ether oxygens (including phenoxy) is 1. The van der Waals surface area contributed by atoms with Crippen molar-refractivity contribution in [3.8, 4) is 5.75 Å². The first-order chi connectivity index (χ1) is 9.67. The Morgan fingerprint density at radius 3 is 2.75 bits per heavy atom. The van der Waals surface area contributed by atoms with E-state index < -0.39 is 0 Å². The second-order valence-corrected chi connectivity index (χ2v) is 4.11. The van der Waals surface area contributed by atoms with Crippen LogP contribution in [0.5, 0.6) is 5.75 Å². The van der Waals surface area contributed by atoms with E-state index in [2.05, 4.69) is 5.32 Å². The van der Waals surface area contributed by atoms with Crippen LogP contribution < -0.4 is 10.1 Å². The molecule has 2 rings (SSSR count). The Labute approximate surface area is 116 Å². The molecule has 2 aromatic carbocycles. The summed E-state index contributed by atoms with van der Waals surface area (Å²) in [7, 11) is 1.56. The maximum atomic E-state index is 13.0. The van der Waals surface area contributed by atoms with E-state index in [0.29, 0.717) is 17.0 Å². The van der Waals surface area contributed by atoms with Crippen LogP contribution in [0.15, 0.2) is 54.6 Å². The zero-order valence-electron chi connectivity index (χ0n) is 11.0. The minimum atomic E-state index is -0.333. The van der Waals surface area contributed by atoms with Crippen LogP contribution in [0.2, 0.25) is 0 Å². The monoisotopic (exact) mass is 271 g/mol. The Bertz CT molecular complexity index is 638. The fourth-order valence-corrected chi connectivity index (χ4v) is 1.67. The van der Waals surface area contributed by atoms with Gasteiger partial charge in [-0.2, -0.15) is 0 Å². The lowest BCUT2D eigenvalue weighted by atomic mass is 10.2. The van der Waals surface area contributed by atoms with E-state index >= 15 is 0 Å². The lowest BCUT2D eigenvalue weighted by Gasteiger charge is -2.04. The molecule has 0 aromatic heterocycles. The van der Waals surface area contributed by atoms with Gasteiger partial charge in [-0.1, -0.05) is 18.2 Å². The Hall–Kier alpha value is -2.62. The second-order valence-electron chi connectivity index (χ2n) is 4.11. The molecule has 0 aliphatic carbocycles. The standard InChI is InChI=1S/C16H14FNO2/c1-20-15-7-3-6-14(11-15)18-16(19)9-8-12-4-2-5-13(17)10-12/h2-11H,1H3,(H,18,19)/b9-8+. The highest BCUT2D eigenvalue weighted by atomic mass is 19.1. The number of hydrogen-bond donors (Lipinski definition) is 1. The van der Waals surface area contributed by atoms with E-state index in [1.165, 1.54) is 18.2 Å². The average Bonchev–Trinajstić information content (AvgIpc) is 2.45. The van der Waals surface area contributed by atoms with Crippen molar-refractivity contribution in [1.82, 2.24) is 0 Å². The number of halogens is 1. The van der Waals surface area contributed by atoms with E-state index in [1.807, 2.05) is 0 Å². The lowest BCUT2D eigenvalue weighted by Crippen LogP contribution is -2.07. The summed E-state index contributed by atoms with van der Waals surface area (Å²) in [5, 5.41) is 2.70. The van der Waals surface area contributed by atoms with Crippen molar-refractivity contribution in [3.63, 3.8) is 0 Å². The molecule has 4 heteroatoms. The van der Waals surface area contributed by atoms with Crippen molar-refractivity contribution in [2.24, 2.45) is 0 Å². The van der Waals surface area contributed by atoms with Crippen LogP contribution in [0.4, 0.5) is 10.1 Å². The second kappa shape index (κ2) is 6.52. The number of hydrogen-bond acceptors (Lipinski definition) is 2. The van der Waals surface area contributed by atoms with Crippen molar-refractivity contribution in [2.75, 3.05) is 12.4 Å². The van der Waals surface area contributed by atoms with Crippen LogP contribution in [0, 0.1) is 5.82 Å². The van der Waals surface area contributed by atoms with Gasteiger partial charge < -0.3 is 10.1 Å². The Morgan fingerprint density at radius 1 is 1.20 bits per heavy atom. The first-order valence-corrected chi connectivity index (χ1v) is 6.06.